The van der Waals surface area contributed by atoms with E-state index in [1.165, 1.54) is 5.56 Å². The summed E-state index contributed by atoms with van der Waals surface area (Å²) < 4.78 is 4.93. The van der Waals surface area contributed by atoms with Crippen LogP contribution in [0.15, 0.2) is 42.5 Å². The fourth-order valence-corrected chi connectivity index (χ4v) is 1.88. The lowest BCUT2D eigenvalue weighted by molar-refractivity contribution is 0.0948. The van der Waals surface area contributed by atoms with Crippen LogP contribution in [0.2, 0.25) is 0 Å². The summed E-state index contributed by atoms with van der Waals surface area (Å²) in [6.07, 6.45) is 0.788. The molecule has 1 heterocycles. The number of carbonyl (C=O) groups excluding carboxylic acids is 1. The number of carbonyl (C=O) groups is 1. The van der Waals surface area contributed by atoms with Crippen LogP contribution in [0.3, 0.4) is 0 Å². The second-order valence-corrected chi connectivity index (χ2v) is 4.71. The first-order valence-corrected chi connectivity index (χ1v) is 7.18. The van der Waals surface area contributed by atoms with Crippen molar-refractivity contribution in [2.75, 3.05) is 32.1 Å². The molecule has 116 valence electrons. The summed E-state index contributed by atoms with van der Waals surface area (Å²) >= 11 is 0. The average molecular weight is 300 g/mol. The number of amides is 1. The lowest BCUT2D eigenvalue weighted by atomic mass is 10.1. The molecule has 1 aromatic heterocycles. The Morgan fingerprint density at radius 3 is 2.59 bits per heavy atom. The number of nitrogens with zero attached hydrogens (tertiary/aromatic N) is 2. The molecule has 1 aromatic carbocycles. The molecule has 0 atom stereocenters. The molecule has 2 N–H and O–H groups in total. The lowest BCUT2D eigenvalue weighted by Crippen LogP contribution is -2.26. The normalized spacial score (nSPS) is 10.2. The Bertz CT molecular complexity index is 572. The predicted octanol–water partition coefficient (Wildman–Crippen LogP) is 1.51. The highest BCUT2D eigenvalue weighted by atomic mass is 16.5. The summed E-state index contributed by atoms with van der Waals surface area (Å²) in [5, 5.41) is 13.8. The summed E-state index contributed by atoms with van der Waals surface area (Å²) in [4.78, 5) is 12.0. The highest BCUT2D eigenvalue weighted by Crippen LogP contribution is 2.02. The number of hydrogen-bond acceptors (Lipinski definition) is 5. The summed E-state index contributed by atoms with van der Waals surface area (Å²) in [5.41, 5.74) is 1.50. The van der Waals surface area contributed by atoms with Gasteiger partial charge in [-0.1, -0.05) is 30.3 Å². The van der Waals surface area contributed by atoms with Crippen LogP contribution in [0.5, 0.6) is 0 Å². The standard InChI is InChI=1S/C16H20N4O2/c1-22-12-11-17-15-8-7-14(19-20-15)16(21)18-10-9-13-5-3-2-4-6-13/h2-8H,9-12H2,1H3,(H,17,20)(H,18,21). The number of benzene rings is 1. The average Bonchev–Trinajstić information content (AvgIpc) is 2.56. The van der Waals surface area contributed by atoms with Crippen LogP contribution in [-0.2, 0) is 11.2 Å². The van der Waals surface area contributed by atoms with Gasteiger partial charge in [0.15, 0.2) is 5.69 Å². The van der Waals surface area contributed by atoms with Crippen LogP contribution in [0.1, 0.15) is 16.1 Å². The van der Waals surface area contributed by atoms with Gasteiger partial charge in [-0.15, -0.1) is 10.2 Å². The molecule has 0 spiro atoms. The third kappa shape index (κ3) is 5.14. The van der Waals surface area contributed by atoms with Gasteiger partial charge < -0.3 is 15.4 Å². The second-order valence-electron chi connectivity index (χ2n) is 4.71. The first-order valence-electron chi connectivity index (χ1n) is 7.18. The van der Waals surface area contributed by atoms with E-state index in [-0.39, 0.29) is 5.91 Å². The van der Waals surface area contributed by atoms with Crippen molar-refractivity contribution < 1.29 is 9.53 Å². The van der Waals surface area contributed by atoms with E-state index >= 15 is 0 Å². The maximum Gasteiger partial charge on any atom is 0.271 e. The summed E-state index contributed by atoms with van der Waals surface area (Å²) in [5.74, 6) is 0.407. The number of rotatable bonds is 8. The van der Waals surface area contributed by atoms with Crippen LogP contribution in [0.4, 0.5) is 5.82 Å². The van der Waals surface area contributed by atoms with Gasteiger partial charge in [-0.05, 0) is 24.1 Å². The minimum absolute atomic E-state index is 0.216. The number of hydrogen-bond donors (Lipinski definition) is 2. The molecule has 2 rings (SSSR count). The Morgan fingerprint density at radius 1 is 1.09 bits per heavy atom. The van der Waals surface area contributed by atoms with Crippen LogP contribution >= 0.6 is 0 Å². The summed E-state index contributed by atoms with van der Waals surface area (Å²) in [6.45, 7) is 1.80. The Balaban J connectivity index is 1.77. The van der Waals surface area contributed by atoms with E-state index in [0.717, 1.165) is 6.42 Å². The summed E-state index contributed by atoms with van der Waals surface area (Å²) in [6, 6.07) is 13.4. The molecular formula is C16H20N4O2. The van der Waals surface area contributed by atoms with E-state index in [1.54, 1.807) is 19.2 Å². The maximum atomic E-state index is 12.0. The number of ether oxygens (including phenoxy) is 1. The lowest BCUT2D eigenvalue weighted by Gasteiger charge is -2.06. The van der Waals surface area contributed by atoms with Gasteiger partial charge in [-0.2, -0.15) is 0 Å². The molecule has 6 nitrogen and oxygen atoms in total. The molecule has 0 saturated heterocycles. The van der Waals surface area contributed by atoms with E-state index in [0.29, 0.717) is 31.2 Å². The molecule has 0 aliphatic heterocycles. The Hall–Kier alpha value is -2.47. The van der Waals surface area contributed by atoms with Gasteiger partial charge in [-0.3, -0.25) is 4.79 Å². The Labute approximate surface area is 129 Å². The first-order chi connectivity index (χ1) is 10.8. The quantitative estimate of drug-likeness (QED) is 0.723. The maximum absolute atomic E-state index is 12.0. The second kappa shape index (κ2) is 8.74. The molecule has 0 aliphatic carbocycles. The van der Waals surface area contributed by atoms with E-state index in [4.69, 9.17) is 4.74 Å². The first kappa shape index (κ1) is 15.9. The molecule has 0 aliphatic rings. The fourth-order valence-electron chi connectivity index (χ4n) is 1.88. The van der Waals surface area contributed by atoms with Gasteiger partial charge >= 0.3 is 0 Å². The topological polar surface area (TPSA) is 76.1 Å². The molecule has 6 heteroatoms. The zero-order valence-electron chi connectivity index (χ0n) is 12.6. The Morgan fingerprint density at radius 2 is 1.91 bits per heavy atom. The molecule has 0 bridgehead atoms. The monoisotopic (exact) mass is 300 g/mol. The molecule has 1 amide bonds. The van der Waals surface area contributed by atoms with Gasteiger partial charge in [0.2, 0.25) is 0 Å². The van der Waals surface area contributed by atoms with Crippen molar-refractivity contribution >= 4 is 11.7 Å². The predicted molar refractivity (Wildman–Crippen MR) is 84.9 cm³/mol. The van der Waals surface area contributed by atoms with Crippen molar-refractivity contribution in [3.63, 3.8) is 0 Å². The number of methoxy groups -OCH3 is 1. The fraction of sp³-hybridized carbons (Fsp3) is 0.312. The molecule has 2 aromatic rings. The zero-order chi connectivity index (χ0) is 15.6. The largest absolute Gasteiger partial charge is 0.383 e. The van der Waals surface area contributed by atoms with E-state index < -0.39 is 0 Å². The van der Waals surface area contributed by atoms with Crippen LogP contribution < -0.4 is 10.6 Å². The van der Waals surface area contributed by atoms with Crippen molar-refractivity contribution in [3.8, 4) is 0 Å². The van der Waals surface area contributed by atoms with Crippen molar-refractivity contribution in [1.29, 1.82) is 0 Å². The van der Waals surface area contributed by atoms with Crippen molar-refractivity contribution in [2.24, 2.45) is 0 Å². The number of aromatic nitrogens is 2. The molecule has 22 heavy (non-hydrogen) atoms. The van der Waals surface area contributed by atoms with Gasteiger partial charge in [0, 0.05) is 20.2 Å². The highest BCUT2D eigenvalue weighted by molar-refractivity contribution is 5.92. The van der Waals surface area contributed by atoms with E-state index in [9.17, 15) is 4.79 Å². The van der Waals surface area contributed by atoms with Gasteiger partial charge in [0.05, 0.1) is 6.61 Å². The SMILES string of the molecule is COCCNc1ccc(C(=O)NCCc2ccccc2)nn1. The molecular weight excluding hydrogens is 280 g/mol. The van der Waals surface area contributed by atoms with Crippen molar-refractivity contribution in [2.45, 2.75) is 6.42 Å². The Kier molecular flexibility index (Phi) is 6.32. The van der Waals surface area contributed by atoms with Crippen LogP contribution in [0.25, 0.3) is 0 Å². The van der Waals surface area contributed by atoms with Crippen molar-refractivity contribution in [1.82, 2.24) is 15.5 Å². The third-order valence-corrected chi connectivity index (χ3v) is 3.05. The van der Waals surface area contributed by atoms with Gasteiger partial charge in [0.25, 0.3) is 5.91 Å². The minimum Gasteiger partial charge on any atom is -0.383 e. The van der Waals surface area contributed by atoms with E-state index in [2.05, 4.69) is 20.8 Å². The number of anilines is 1. The highest BCUT2D eigenvalue weighted by Gasteiger charge is 2.07. The van der Waals surface area contributed by atoms with Crippen molar-refractivity contribution in [3.05, 3.63) is 53.7 Å². The van der Waals surface area contributed by atoms with Gasteiger partial charge in [0.1, 0.15) is 5.82 Å². The zero-order valence-corrected chi connectivity index (χ0v) is 12.6. The van der Waals surface area contributed by atoms with E-state index in [1.807, 2.05) is 30.3 Å². The molecule has 0 fully saturated rings. The summed E-state index contributed by atoms with van der Waals surface area (Å²) in [7, 11) is 1.64. The smallest absolute Gasteiger partial charge is 0.271 e. The van der Waals surface area contributed by atoms with Gasteiger partial charge in [-0.25, -0.2) is 0 Å². The number of nitrogens with one attached hydrogen (secondary N) is 2. The third-order valence-electron chi connectivity index (χ3n) is 3.05. The van der Waals surface area contributed by atoms with Crippen LogP contribution in [0, 0.1) is 0 Å². The van der Waals surface area contributed by atoms with Crippen LogP contribution in [-0.4, -0.2) is 42.9 Å². The molecule has 0 saturated carbocycles. The molecule has 0 unspecified atom stereocenters. The minimum atomic E-state index is -0.216. The molecule has 0 radical (unpaired) electrons.